The van der Waals surface area contributed by atoms with Gasteiger partial charge in [0.05, 0.1) is 6.33 Å². The maximum Gasteiger partial charge on any atom is 0.239 e. The topological polar surface area (TPSA) is 74.5 Å². The summed E-state index contributed by atoms with van der Waals surface area (Å²) in [6.45, 7) is 1.75. The summed E-state index contributed by atoms with van der Waals surface area (Å²) < 4.78 is 3.77. The summed E-state index contributed by atoms with van der Waals surface area (Å²) in [6.07, 6.45) is 8.14. The van der Waals surface area contributed by atoms with Gasteiger partial charge in [0, 0.05) is 25.5 Å². The van der Waals surface area contributed by atoms with Gasteiger partial charge in [-0.1, -0.05) is 0 Å². The lowest BCUT2D eigenvalue weighted by Gasteiger charge is -2.01. The Morgan fingerprint density at radius 1 is 1.29 bits per heavy atom. The third-order valence-electron chi connectivity index (χ3n) is 1.92. The van der Waals surface area contributed by atoms with Crippen LogP contribution in [0.25, 0.3) is 0 Å². The average molecular weight is 192 g/mol. The van der Waals surface area contributed by atoms with E-state index in [4.69, 9.17) is 5.73 Å². The second-order valence-corrected chi connectivity index (χ2v) is 3.02. The molecule has 0 fully saturated rings. The molecule has 0 unspecified atom stereocenters. The predicted octanol–water partition coefficient (Wildman–Crippen LogP) is 0.147. The molecule has 74 valence electrons. The van der Waals surface area contributed by atoms with Crippen LogP contribution in [0.5, 0.6) is 0 Å². The zero-order valence-electron chi connectivity index (χ0n) is 7.74. The highest BCUT2D eigenvalue weighted by Gasteiger charge is 1.95. The molecule has 0 saturated heterocycles. The second-order valence-electron chi connectivity index (χ2n) is 3.02. The molecule has 0 amide bonds. The fourth-order valence-electron chi connectivity index (χ4n) is 1.25. The first-order valence-corrected chi connectivity index (χ1v) is 4.45. The van der Waals surface area contributed by atoms with Crippen LogP contribution in [0.3, 0.4) is 0 Å². The van der Waals surface area contributed by atoms with E-state index in [9.17, 15) is 0 Å². The van der Waals surface area contributed by atoms with Crippen LogP contribution in [0.15, 0.2) is 25.0 Å². The number of anilines is 1. The number of nitrogens with zero attached hydrogens (tertiary/aromatic N) is 5. The Balaban J connectivity index is 1.78. The summed E-state index contributed by atoms with van der Waals surface area (Å²) in [4.78, 5) is 7.80. The molecule has 0 aliphatic heterocycles. The summed E-state index contributed by atoms with van der Waals surface area (Å²) >= 11 is 0. The van der Waals surface area contributed by atoms with Crippen molar-refractivity contribution in [2.45, 2.75) is 19.5 Å². The van der Waals surface area contributed by atoms with Gasteiger partial charge < -0.3 is 10.3 Å². The molecule has 0 aromatic carbocycles. The Morgan fingerprint density at radius 3 is 2.86 bits per heavy atom. The van der Waals surface area contributed by atoms with E-state index in [2.05, 4.69) is 15.1 Å². The minimum atomic E-state index is 0.327. The molecule has 2 rings (SSSR count). The zero-order chi connectivity index (χ0) is 9.80. The first-order valence-electron chi connectivity index (χ1n) is 4.45. The highest BCUT2D eigenvalue weighted by atomic mass is 15.4. The molecule has 6 nitrogen and oxygen atoms in total. The van der Waals surface area contributed by atoms with E-state index in [-0.39, 0.29) is 0 Å². The highest BCUT2D eigenvalue weighted by Crippen LogP contribution is 1.95. The van der Waals surface area contributed by atoms with Crippen molar-refractivity contribution in [3.8, 4) is 0 Å². The summed E-state index contributed by atoms with van der Waals surface area (Å²) in [5, 5.41) is 3.99. The first-order chi connectivity index (χ1) is 6.84. The van der Waals surface area contributed by atoms with Crippen LogP contribution in [0.1, 0.15) is 6.42 Å². The van der Waals surface area contributed by atoms with Crippen LogP contribution in [-0.4, -0.2) is 24.3 Å². The molecule has 0 saturated carbocycles. The monoisotopic (exact) mass is 192 g/mol. The molecule has 0 bridgehead atoms. The van der Waals surface area contributed by atoms with Crippen molar-refractivity contribution >= 4 is 5.95 Å². The van der Waals surface area contributed by atoms with Crippen LogP contribution in [0.2, 0.25) is 0 Å². The number of imidazole rings is 1. The van der Waals surface area contributed by atoms with Crippen LogP contribution in [-0.2, 0) is 13.1 Å². The second kappa shape index (κ2) is 3.91. The van der Waals surface area contributed by atoms with Gasteiger partial charge in [0.25, 0.3) is 0 Å². The number of hydrogen-bond acceptors (Lipinski definition) is 4. The van der Waals surface area contributed by atoms with Gasteiger partial charge >= 0.3 is 0 Å². The number of aryl methyl sites for hydroxylation is 2. The van der Waals surface area contributed by atoms with Gasteiger partial charge in [0.15, 0.2) is 0 Å². The van der Waals surface area contributed by atoms with Crippen molar-refractivity contribution in [1.29, 1.82) is 0 Å². The van der Waals surface area contributed by atoms with E-state index in [1.807, 2.05) is 10.8 Å². The van der Waals surface area contributed by atoms with Crippen LogP contribution < -0.4 is 5.73 Å². The molecule has 6 heteroatoms. The smallest absolute Gasteiger partial charge is 0.239 e. The molecule has 2 aromatic rings. The van der Waals surface area contributed by atoms with E-state index in [0.29, 0.717) is 5.95 Å². The van der Waals surface area contributed by atoms with Gasteiger partial charge in [-0.2, -0.15) is 0 Å². The highest BCUT2D eigenvalue weighted by molar-refractivity contribution is 5.08. The van der Waals surface area contributed by atoms with E-state index in [1.165, 1.54) is 0 Å². The molecule has 14 heavy (non-hydrogen) atoms. The van der Waals surface area contributed by atoms with E-state index >= 15 is 0 Å². The van der Waals surface area contributed by atoms with Gasteiger partial charge in [0.1, 0.15) is 6.33 Å². The van der Waals surface area contributed by atoms with Crippen molar-refractivity contribution in [2.24, 2.45) is 0 Å². The molecule has 2 N–H and O–H groups in total. The van der Waals surface area contributed by atoms with Crippen molar-refractivity contribution < 1.29 is 0 Å². The van der Waals surface area contributed by atoms with Crippen molar-refractivity contribution in [3.05, 3.63) is 25.0 Å². The Bertz CT molecular complexity index is 376. The molecular formula is C8H12N6. The predicted molar refractivity (Wildman–Crippen MR) is 51.3 cm³/mol. The van der Waals surface area contributed by atoms with Gasteiger partial charge in [-0.3, -0.25) is 4.68 Å². The Hall–Kier alpha value is -1.85. The fourth-order valence-corrected chi connectivity index (χ4v) is 1.25. The van der Waals surface area contributed by atoms with Crippen molar-refractivity contribution in [3.63, 3.8) is 0 Å². The Labute approximate surface area is 81.4 Å². The summed E-state index contributed by atoms with van der Waals surface area (Å²) in [5.41, 5.74) is 5.39. The minimum Gasteiger partial charge on any atom is -0.367 e. The van der Waals surface area contributed by atoms with Gasteiger partial charge in [-0.25, -0.2) is 9.97 Å². The van der Waals surface area contributed by atoms with Gasteiger partial charge in [0.2, 0.25) is 5.95 Å². The number of hydrogen-bond donors (Lipinski definition) is 1. The number of nitrogens with two attached hydrogens (primary N) is 1. The number of rotatable bonds is 4. The third-order valence-corrected chi connectivity index (χ3v) is 1.92. The van der Waals surface area contributed by atoms with E-state index in [0.717, 1.165) is 19.5 Å². The van der Waals surface area contributed by atoms with Crippen molar-refractivity contribution in [1.82, 2.24) is 24.3 Å². The van der Waals surface area contributed by atoms with Crippen LogP contribution in [0, 0.1) is 0 Å². The molecule has 0 spiro atoms. The molecule has 2 heterocycles. The Kier molecular flexibility index (Phi) is 2.44. The lowest BCUT2D eigenvalue weighted by Crippen LogP contribution is -2.03. The molecule has 0 radical (unpaired) electrons. The summed E-state index contributed by atoms with van der Waals surface area (Å²) in [5.74, 6) is 0.327. The maximum atomic E-state index is 5.39. The molecular weight excluding hydrogens is 180 g/mol. The number of aromatic nitrogens is 5. The van der Waals surface area contributed by atoms with Crippen molar-refractivity contribution in [2.75, 3.05) is 5.73 Å². The SMILES string of the molecule is Nc1ncn(CCCn2ccnc2)n1. The molecule has 0 aliphatic rings. The molecule has 0 atom stereocenters. The standard InChI is InChI=1S/C8H12N6/c9-8-11-7-14(12-8)4-1-3-13-5-2-10-6-13/h2,5-7H,1,3-4H2,(H2,9,12). The van der Waals surface area contributed by atoms with E-state index in [1.54, 1.807) is 23.5 Å². The van der Waals surface area contributed by atoms with Crippen LogP contribution >= 0.6 is 0 Å². The molecule has 2 aromatic heterocycles. The third kappa shape index (κ3) is 2.09. The zero-order valence-corrected chi connectivity index (χ0v) is 7.74. The lowest BCUT2D eigenvalue weighted by molar-refractivity contribution is 0.526. The summed E-state index contributed by atoms with van der Waals surface area (Å²) in [6, 6.07) is 0. The minimum absolute atomic E-state index is 0.327. The largest absolute Gasteiger partial charge is 0.367 e. The van der Waals surface area contributed by atoms with Gasteiger partial charge in [-0.15, -0.1) is 5.10 Å². The average Bonchev–Trinajstić information content (AvgIpc) is 2.77. The number of nitrogen functional groups attached to an aromatic ring is 1. The fraction of sp³-hybridized carbons (Fsp3) is 0.375. The normalized spacial score (nSPS) is 10.6. The Morgan fingerprint density at radius 2 is 2.21 bits per heavy atom. The van der Waals surface area contributed by atoms with Crippen LogP contribution in [0.4, 0.5) is 5.95 Å². The van der Waals surface area contributed by atoms with Gasteiger partial charge in [-0.05, 0) is 6.42 Å². The molecule has 0 aliphatic carbocycles. The summed E-state index contributed by atoms with van der Waals surface area (Å²) in [7, 11) is 0. The van der Waals surface area contributed by atoms with E-state index < -0.39 is 0 Å². The maximum absolute atomic E-state index is 5.39. The first kappa shape index (κ1) is 8.74. The quantitative estimate of drug-likeness (QED) is 0.748. The lowest BCUT2D eigenvalue weighted by atomic mass is 10.4.